The molecule has 1 aromatic rings. The summed E-state index contributed by atoms with van der Waals surface area (Å²) in [6.45, 7) is 7.49. The van der Waals surface area contributed by atoms with Gasteiger partial charge in [0, 0.05) is 0 Å². The summed E-state index contributed by atoms with van der Waals surface area (Å²) in [5, 5.41) is 0. The molecule has 0 amide bonds. The molecule has 2 fully saturated rings. The molecular formula is C20H30. The Morgan fingerprint density at radius 2 is 1.70 bits per heavy atom. The van der Waals surface area contributed by atoms with Gasteiger partial charge in [0.25, 0.3) is 0 Å². The van der Waals surface area contributed by atoms with E-state index in [0.29, 0.717) is 10.8 Å². The number of hydrogen-bond acceptors (Lipinski definition) is 0. The molecule has 0 heterocycles. The van der Waals surface area contributed by atoms with E-state index in [2.05, 4.69) is 45.0 Å². The Kier molecular flexibility index (Phi) is 3.69. The number of benzene rings is 1. The highest BCUT2D eigenvalue weighted by atomic mass is 14.6. The van der Waals surface area contributed by atoms with E-state index >= 15 is 0 Å². The van der Waals surface area contributed by atoms with Crippen molar-refractivity contribution in [2.24, 2.45) is 16.7 Å². The van der Waals surface area contributed by atoms with Gasteiger partial charge in [0.15, 0.2) is 0 Å². The monoisotopic (exact) mass is 270 g/mol. The predicted molar refractivity (Wildman–Crippen MR) is 86.9 cm³/mol. The van der Waals surface area contributed by atoms with E-state index in [-0.39, 0.29) is 0 Å². The molecule has 20 heavy (non-hydrogen) atoms. The molecule has 2 saturated carbocycles. The van der Waals surface area contributed by atoms with Crippen LogP contribution in [-0.2, 0) is 6.42 Å². The molecule has 3 atom stereocenters. The van der Waals surface area contributed by atoms with Gasteiger partial charge in [-0.05, 0) is 66.9 Å². The van der Waals surface area contributed by atoms with Gasteiger partial charge >= 0.3 is 0 Å². The van der Waals surface area contributed by atoms with Gasteiger partial charge in [0.05, 0.1) is 0 Å². The van der Waals surface area contributed by atoms with Crippen LogP contribution in [0.2, 0.25) is 0 Å². The molecule has 0 radical (unpaired) electrons. The lowest BCUT2D eigenvalue weighted by Crippen LogP contribution is -2.49. The highest BCUT2D eigenvalue weighted by Gasteiger charge is 2.52. The standard InChI is InChI=1S/C20H30/c1-16-9-4-5-10-17(16)15-18-11-8-13-19(2)12-6-7-14-20(18,19)3/h4-5,9-10,18H,6-8,11-15H2,1-3H3/t18?,19-,20+/m1/s1. The first kappa shape index (κ1) is 14.2. The third-order valence-electron chi connectivity index (χ3n) is 6.96. The summed E-state index contributed by atoms with van der Waals surface area (Å²) in [5.74, 6) is 0.891. The van der Waals surface area contributed by atoms with Crippen molar-refractivity contribution in [1.82, 2.24) is 0 Å². The van der Waals surface area contributed by atoms with Gasteiger partial charge in [0.2, 0.25) is 0 Å². The van der Waals surface area contributed by atoms with Crippen LogP contribution in [0.5, 0.6) is 0 Å². The molecule has 110 valence electrons. The van der Waals surface area contributed by atoms with Crippen LogP contribution in [0.4, 0.5) is 0 Å². The van der Waals surface area contributed by atoms with Crippen LogP contribution in [-0.4, -0.2) is 0 Å². The third kappa shape index (κ3) is 2.22. The van der Waals surface area contributed by atoms with Crippen molar-refractivity contribution in [2.45, 2.75) is 72.1 Å². The fraction of sp³-hybridized carbons (Fsp3) is 0.700. The fourth-order valence-corrected chi connectivity index (χ4v) is 5.19. The summed E-state index contributed by atoms with van der Waals surface area (Å²) in [6.07, 6.45) is 11.5. The van der Waals surface area contributed by atoms with Crippen LogP contribution >= 0.6 is 0 Å². The maximum atomic E-state index is 2.62. The molecule has 0 heteroatoms. The van der Waals surface area contributed by atoms with Crippen molar-refractivity contribution >= 4 is 0 Å². The highest BCUT2D eigenvalue weighted by molar-refractivity contribution is 5.26. The van der Waals surface area contributed by atoms with E-state index in [1.807, 2.05) is 0 Å². The van der Waals surface area contributed by atoms with E-state index in [1.54, 1.807) is 5.56 Å². The minimum atomic E-state index is 0.575. The number of fused-ring (bicyclic) bond motifs is 1. The van der Waals surface area contributed by atoms with Crippen LogP contribution in [0.3, 0.4) is 0 Å². The summed E-state index contributed by atoms with van der Waals surface area (Å²) in [6, 6.07) is 9.02. The first-order valence-electron chi connectivity index (χ1n) is 8.60. The van der Waals surface area contributed by atoms with Gasteiger partial charge in [-0.3, -0.25) is 0 Å². The first-order valence-corrected chi connectivity index (χ1v) is 8.60. The molecule has 1 unspecified atom stereocenters. The maximum Gasteiger partial charge on any atom is -0.0240 e. The Morgan fingerprint density at radius 3 is 2.50 bits per heavy atom. The number of rotatable bonds is 2. The van der Waals surface area contributed by atoms with Gasteiger partial charge in [0.1, 0.15) is 0 Å². The summed E-state index contributed by atoms with van der Waals surface area (Å²) >= 11 is 0. The normalized spacial score (nSPS) is 37.5. The van der Waals surface area contributed by atoms with Crippen molar-refractivity contribution in [1.29, 1.82) is 0 Å². The highest BCUT2D eigenvalue weighted by Crippen LogP contribution is 2.61. The van der Waals surface area contributed by atoms with E-state index in [0.717, 1.165) is 5.92 Å². The maximum absolute atomic E-state index is 2.62. The van der Waals surface area contributed by atoms with E-state index in [9.17, 15) is 0 Å². The molecule has 0 spiro atoms. The minimum absolute atomic E-state index is 0.575. The summed E-state index contributed by atoms with van der Waals surface area (Å²) in [4.78, 5) is 0. The van der Waals surface area contributed by atoms with Crippen molar-refractivity contribution in [3.05, 3.63) is 35.4 Å². The largest absolute Gasteiger partial charge is 0.0620 e. The molecule has 2 aliphatic carbocycles. The van der Waals surface area contributed by atoms with Crippen LogP contribution in [0.15, 0.2) is 24.3 Å². The molecule has 0 saturated heterocycles. The van der Waals surface area contributed by atoms with Crippen molar-refractivity contribution in [3.8, 4) is 0 Å². The van der Waals surface area contributed by atoms with Crippen molar-refractivity contribution < 1.29 is 0 Å². The number of hydrogen-bond donors (Lipinski definition) is 0. The zero-order chi connectivity index (χ0) is 14.2. The minimum Gasteiger partial charge on any atom is -0.0620 e. The molecule has 0 nitrogen and oxygen atoms in total. The summed E-state index contributed by atoms with van der Waals surface area (Å²) < 4.78 is 0. The van der Waals surface area contributed by atoms with Crippen molar-refractivity contribution in [3.63, 3.8) is 0 Å². The zero-order valence-electron chi connectivity index (χ0n) is 13.5. The molecule has 1 aromatic carbocycles. The Bertz CT molecular complexity index is 471. The topological polar surface area (TPSA) is 0 Å². The summed E-state index contributed by atoms with van der Waals surface area (Å²) in [7, 11) is 0. The predicted octanol–water partition coefficient (Wildman–Crippen LogP) is 5.92. The van der Waals surface area contributed by atoms with E-state index < -0.39 is 0 Å². The lowest BCUT2D eigenvalue weighted by atomic mass is 9.47. The Balaban J connectivity index is 1.87. The van der Waals surface area contributed by atoms with Gasteiger partial charge in [-0.1, -0.05) is 57.4 Å². The smallest absolute Gasteiger partial charge is 0.0240 e. The third-order valence-corrected chi connectivity index (χ3v) is 6.96. The van der Waals surface area contributed by atoms with Gasteiger partial charge in [-0.25, -0.2) is 0 Å². The first-order chi connectivity index (χ1) is 9.55. The fourth-order valence-electron chi connectivity index (χ4n) is 5.19. The van der Waals surface area contributed by atoms with E-state index in [1.165, 1.54) is 56.9 Å². The molecular weight excluding hydrogens is 240 g/mol. The lowest BCUT2D eigenvalue weighted by molar-refractivity contribution is -0.0741. The van der Waals surface area contributed by atoms with Crippen LogP contribution in [0.25, 0.3) is 0 Å². The Labute approximate surface area is 125 Å². The second kappa shape index (κ2) is 5.20. The second-order valence-corrected chi connectivity index (χ2v) is 7.90. The average molecular weight is 270 g/mol. The average Bonchev–Trinajstić information content (AvgIpc) is 2.43. The van der Waals surface area contributed by atoms with Crippen LogP contribution in [0.1, 0.15) is 69.9 Å². The van der Waals surface area contributed by atoms with E-state index in [4.69, 9.17) is 0 Å². The van der Waals surface area contributed by atoms with Crippen LogP contribution < -0.4 is 0 Å². The molecule has 0 aliphatic heterocycles. The van der Waals surface area contributed by atoms with Crippen LogP contribution in [0, 0.1) is 23.7 Å². The second-order valence-electron chi connectivity index (χ2n) is 7.90. The van der Waals surface area contributed by atoms with Gasteiger partial charge < -0.3 is 0 Å². The Hall–Kier alpha value is -0.780. The molecule has 0 N–H and O–H groups in total. The molecule has 2 aliphatic rings. The molecule has 3 rings (SSSR count). The van der Waals surface area contributed by atoms with Crippen molar-refractivity contribution in [2.75, 3.05) is 0 Å². The van der Waals surface area contributed by atoms with Gasteiger partial charge in [-0.15, -0.1) is 0 Å². The SMILES string of the molecule is Cc1ccccc1CC1CCC[C@@]2(C)CCCC[C@@]12C. The molecule has 0 aromatic heterocycles. The molecule has 0 bridgehead atoms. The Morgan fingerprint density at radius 1 is 1.00 bits per heavy atom. The zero-order valence-corrected chi connectivity index (χ0v) is 13.5. The van der Waals surface area contributed by atoms with Gasteiger partial charge in [-0.2, -0.15) is 0 Å². The number of aryl methyl sites for hydroxylation is 1. The quantitative estimate of drug-likeness (QED) is 0.625. The lowest BCUT2D eigenvalue weighted by Gasteiger charge is -2.58. The summed E-state index contributed by atoms with van der Waals surface area (Å²) in [5.41, 5.74) is 4.26.